The number of halogens is 1. The molecular formula is C17H20INO3S2. The first-order valence-electron chi connectivity index (χ1n) is 7.63. The van der Waals surface area contributed by atoms with Gasteiger partial charge in [-0.2, -0.15) is 0 Å². The zero-order chi connectivity index (χ0) is 17.9. The Bertz CT molecular complexity index is 689. The molecule has 1 saturated heterocycles. The van der Waals surface area contributed by atoms with E-state index in [0.29, 0.717) is 34.0 Å². The number of methoxy groups -OCH3 is 1. The van der Waals surface area contributed by atoms with E-state index in [1.54, 1.807) is 12.0 Å². The zero-order valence-electron chi connectivity index (χ0n) is 14.1. The predicted octanol–water partition coefficient (Wildman–Crippen LogP) is 4.56. The quantitative estimate of drug-likeness (QED) is 0.342. The molecule has 1 aliphatic rings. The molecule has 0 aromatic heterocycles. The first kappa shape index (κ1) is 19.5. The number of amides is 1. The SMILES string of the molecule is CCOc1c(I)cc(/C=C2\SC(=S)N(CC(C)C)C2=O)cc1OC. The number of benzene rings is 1. The summed E-state index contributed by atoms with van der Waals surface area (Å²) < 4.78 is 12.6. The van der Waals surface area contributed by atoms with Crippen LogP contribution in [0.3, 0.4) is 0 Å². The molecule has 0 N–H and O–H groups in total. The highest BCUT2D eigenvalue weighted by atomic mass is 127. The van der Waals surface area contributed by atoms with Crippen molar-refractivity contribution < 1.29 is 14.3 Å². The van der Waals surface area contributed by atoms with Crippen molar-refractivity contribution >= 4 is 62.9 Å². The predicted molar refractivity (Wildman–Crippen MR) is 112 cm³/mol. The van der Waals surface area contributed by atoms with E-state index in [-0.39, 0.29) is 5.91 Å². The molecule has 0 atom stereocenters. The largest absolute Gasteiger partial charge is 0.493 e. The molecule has 2 rings (SSSR count). The molecule has 1 aliphatic heterocycles. The number of thiocarbonyl (C=S) groups is 1. The highest BCUT2D eigenvalue weighted by molar-refractivity contribution is 14.1. The summed E-state index contributed by atoms with van der Waals surface area (Å²) in [5.74, 6) is 1.73. The molecule has 0 unspecified atom stereocenters. The van der Waals surface area contributed by atoms with E-state index >= 15 is 0 Å². The smallest absolute Gasteiger partial charge is 0.266 e. The minimum absolute atomic E-state index is 0.0263. The molecule has 7 heteroatoms. The third-order valence-electron chi connectivity index (χ3n) is 3.26. The molecule has 4 nitrogen and oxygen atoms in total. The van der Waals surface area contributed by atoms with Crippen LogP contribution in [0.5, 0.6) is 11.5 Å². The number of hydrogen-bond acceptors (Lipinski definition) is 5. The average Bonchev–Trinajstić information content (AvgIpc) is 2.77. The highest BCUT2D eigenvalue weighted by Gasteiger charge is 2.32. The highest BCUT2D eigenvalue weighted by Crippen LogP contribution is 2.37. The molecule has 1 aromatic rings. The first-order valence-corrected chi connectivity index (χ1v) is 9.93. The summed E-state index contributed by atoms with van der Waals surface area (Å²) in [5.41, 5.74) is 0.893. The van der Waals surface area contributed by atoms with Crippen LogP contribution in [0.1, 0.15) is 26.3 Å². The first-order chi connectivity index (χ1) is 11.4. The monoisotopic (exact) mass is 477 g/mol. The van der Waals surface area contributed by atoms with Gasteiger partial charge < -0.3 is 9.47 Å². The maximum Gasteiger partial charge on any atom is 0.266 e. The van der Waals surface area contributed by atoms with Crippen LogP contribution >= 0.6 is 46.6 Å². The number of carbonyl (C=O) groups excluding carboxylic acids is 1. The third-order valence-corrected chi connectivity index (χ3v) is 5.44. The van der Waals surface area contributed by atoms with Gasteiger partial charge in [-0.25, -0.2) is 0 Å². The lowest BCUT2D eigenvalue weighted by Crippen LogP contribution is -2.31. The molecule has 0 bridgehead atoms. The van der Waals surface area contributed by atoms with Crippen molar-refractivity contribution in [3.63, 3.8) is 0 Å². The summed E-state index contributed by atoms with van der Waals surface area (Å²) in [7, 11) is 1.61. The summed E-state index contributed by atoms with van der Waals surface area (Å²) >= 11 is 8.90. The van der Waals surface area contributed by atoms with Gasteiger partial charge in [-0.1, -0.05) is 37.8 Å². The maximum absolute atomic E-state index is 12.6. The molecule has 1 heterocycles. The Kier molecular flexibility index (Phi) is 6.94. The maximum atomic E-state index is 12.6. The van der Waals surface area contributed by atoms with Gasteiger partial charge in [0.1, 0.15) is 4.32 Å². The Labute approximate surface area is 166 Å². The normalized spacial score (nSPS) is 16.4. The topological polar surface area (TPSA) is 38.8 Å². The second-order valence-electron chi connectivity index (χ2n) is 5.65. The molecule has 0 aliphatic carbocycles. The van der Waals surface area contributed by atoms with Gasteiger partial charge in [-0.05, 0) is 59.2 Å². The number of rotatable bonds is 6. The summed E-state index contributed by atoms with van der Waals surface area (Å²) in [6.07, 6.45) is 1.86. The number of ether oxygens (including phenoxy) is 2. The second-order valence-corrected chi connectivity index (χ2v) is 8.49. The van der Waals surface area contributed by atoms with Crippen molar-refractivity contribution in [2.24, 2.45) is 5.92 Å². The average molecular weight is 477 g/mol. The van der Waals surface area contributed by atoms with E-state index < -0.39 is 0 Å². The van der Waals surface area contributed by atoms with Crippen LogP contribution in [-0.4, -0.2) is 35.4 Å². The van der Waals surface area contributed by atoms with Crippen molar-refractivity contribution in [3.05, 3.63) is 26.2 Å². The van der Waals surface area contributed by atoms with Crippen molar-refractivity contribution in [2.75, 3.05) is 20.3 Å². The van der Waals surface area contributed by atoms with Gasteiger partial charge in [0, 0.05) is 6.54 Å². The van der Waals surface area contributed by atoms with Crippen molar-refractivity contribution in [1.82, 2.24) is 4.90 Å². The fourth-order valence-corrected chi connectivity index (χ4v) is 4.34. The Morgan fingerprint density at radius 1 is 1.42 bits per heavy atom. The minimum Gasteiger partial charge on any atom is -0.493 e. The summed E-state index contributed by atoms with van der Waals surface area (Å²) in [4.78, 5) is 14.9. The molecular weight excluding hydrogens is 457 g/mol. The van der Waals surface area contributed by atoms with Crippen LogP contribution in [0.15, 0.2) is 17.0 Å². The van der Waals surface area contributed by atoms with Crippen LogP contribution in [0.4, 0.5) is 0 Å². The van der Waals surface area contributed by atoms with Crippen molar-refractivity contribution in [3.8, 4) is 11.5 Å². The van der Waals surface area contributed by atoms with Crippen LogP contribution < -0.4 is 9.47 Å². The molecule has 1 amide bonds. The lowest BCUT2D eigenvalue weighted by molar-refractivity contribution is -0.122. The number of nitrogens with zero attached hydrogens (tertiary/aromatic N) is 1. The fraction of sp³-hybridized carbons (Fsp3) is 0.412. The third kappa shape index (κ3) is 4.43. The van der Waals surface area contributed by atoms with Gasteiger partial charge in [0.25, 0.3) is 5.91 Å². The van der Waals surface area contributed by atoms with E-state index in [1.807, 2.05) is 25.1 Å². The number of carbonyl (C=O) groups is 1. The molecule has 24 heavy (non-hydrogen) atoms. The molecule has 130 valence electrons. The van der Waals surface area contributed by atoms with E-state index in [1.165, 1.54) is 11.8 Å². The van der Waals surface area contributed by atoms with Gasteiger partial charge in [0.2, 0.25) is 0 Å². The van der Waals surface area contributed by atoms with Crippen LogP contribution in [0, 0.1) is 9.49 Å². The summed E-state index contributed by atoms with van der Waals surface area (Å²) in [6.45, 7) is 7.29. The van der Waals surface area contributed by atoms with E-state index in [0.717, 1.165) is 14.9 Å². The summed E-state index contributed by atoms with van der Waals surface area (Å²) in [6, 6.07) is 3.85. The Morgan fingerprint density at radius 2 is 2.12 bits per heavy atom. The van der Waals surface area contributed by atoms with Crippen LogP contribution in [-0.2, 0) is 4.79 Å². The van der Waals surface area contributed by atoms with Gasteiger partial charge in [-0.15, -0.1) is 0 Å². The molecule has 0 radical (unpaired) electrons. The van der Waals surface area contributed by atoms with Crippen LogP contribution in [0.25, 0.3) is 6.08 Å². The van der Waals surface area contributed by atoms with E-state index in [4.69, 9.17) is 21.7 Å². The standard InChI is InChI=1S/C17H20INO3S2/c1-5-22-15-12(18)6-11(7-13(15)21-4)8-14-16(20)19(9-10(2)3)17(23)24-14/h6-8,10H,5,9H2,1-4H3/b14-8-. The molecule has 1 aromatic carbocycles. The Balaban J connectivity index is 2.33. The Hall–Kier alpha value is -0.800. The minimum atomic E-state index is -0.0263. The number of hydrogen-bond donors (Lipinski definition) is 0. The fourth-order valence-electron chi connectivity index (χ4n) is 2.28. The second kappa shape index (κ2) is 8.53. The lowest BCUT2D eigenvalue weighted by atomic mass is 10.1. The van der Waals surface area contributed by atoms with Gasteiger partial charge in [0.05, 0.1) is 22.2 Å². The molecule has 0 spiro atoms. The Morgan fingerprint density at radius 3 is 2.71 bits per heavy atom. The van der Waals surface area contributed by atoms with Crippen molar-refractivity contribution in [1.29, 1.82) is 0 Å². The lowest BCUT2D eigenvalue weighted by Gasteiger charge is -2.16. The molecule has 0 saturated carbocycles. The van der Waals surface area contributed by atoms with Gasteiger partial charge >= 0.3 is 0 Å². The van der Waals surface area contributed by atoms with Gasteiger partial charge in [0.15, 0.2) is 11.5 Å². The zero-order valence-corrected chi connectivity index (χ0v) is 17.9. The summed E-state index contributed by atoms with van der Waals surface area (Å²) in [5, 5.41) is 0. The van der Waals surface area contributed by atoms with E-state index in [9.17, 15) is 4.79 Å². The van der Waals surface area contributed by atoms with Crippen LogP contribution in [0.2, 0.25) is 0 Å². The molecule has 1 fully saturated rings. The number of thioether (sulfide) groups is 1. The van der Waals surface area contributed by atoms with Gasteiger partial charge in [-0.3, -0.25) is 9.69 Å². The van der Waals surface area contributed by atoms with Crippen molar-refractivity contribution in [2.45, 2.75) is 20.8 Å². The van der Waals surface area contributed by atoms with E-state index in [2.05, 4.69) is 36.4 Å².